The van der Waals surface area contributed by atoms with E-state index in [0.29, 0.717) is 5.92 Å². The molecule has 0 aromatic heterocycles. The highest BCUT2D eigenvalue weighted by atomic mass is 16.5. The first-order chi connectivity index (χ1) is 11.6. The summed E-state index contributed by atoms with van der Waals surface area (Å²) in [7, 11) is 1.41. The molecule has 4 heteroatoms. The molecule has 0 aromatic rings. The van der Waals surface area contributed by atoms with E-state index in [2.05, 4.69) is 26.8 Å². The second kappa shape index (κ2) is 5.94. The van der Waals surface area contributed by atoms with Crippen molar-refractivity contribution in [2.24, 2.45) is 16.7 Å². The van der Waals surface area contributed by atoms with Crippen molar-refractivity contribution in [2.75, 3.05) is 7.11 Å². The van der Waals surface area contributed by atoms with E-state index < -0.39 is 11.2 Å². The smallest absolute Gasteiger partial charge is 0.308 e. The van der Waals surface area contributed by atoms with E-state index in [9.17, 15) is 9.59 Å². The first-order valence-corrected chi connectivity index (χ1v) is 9.55. The largest absolute Gasteiger partial charge is 0.469 e. The van der Waals surface area contributed by atoms with Gasteiger partial charge in [0.05, 0.1) is 19.1 Å². The summed E-state index contributed by atoms with van der Waals surface area (Å²) < 4.78 is 11.6. The van der Waals surface area contributed by atoms with Gasteiger partial charge in [-0.1, -0.05) is 33.3 Å². The van der Waals surface area contributed by atoms with Crippen LogP contribution in [0.4, 0.5) is 0 Å². The lowest BCUT2D eigenvalue weighted by atomic mass is 9.46. The van der Waals surface area contributed by atoms with E-state index in [1.165, 1.54) is 13.5 Å². The molecular formula is C21H32O4. The summed E-state index contributed by atoms with van der Waals surface area (Å²) in [5.74, 6) is 0.232. The minimum absolute atomic E-state index is 0.0758. The third kappa shape index (κ3) is 2.68. The van der Waals surface area contributed by atoms with Gasteiger partial charge in [0.1, 0.15) is 11.9 Å². The van der Waals surface area contributed by atoms with E-state index >= 15 is 0 Å². The Morgan fingerprint density at radius 1 is 1.24 bits per heavy atom. The number of hydrogen-bond acceptors (Lipinski definition) is 4. The first kappa shape index (κ1) is 18.6. The zero-order valence-corrected chi connectivity index (χ0v) is 16.3. The van der Waals surface area contributed by atoms with Crippen LogP contribution in [0.2, 0.25) is 0 Å². The summed E-state index contributed by atoms with van der Waals surface area (Å²) in [5, 5.41) is 0. The fraction of sp³-hybridized carbons (Fsp3) is 0.810. The highest BCUT2D eigenvalue weighted by Crippen LogP contribution is 2.66. The molecule has 4 nitrogen and oxygen atoms in total. The van der Waals surface area contributed by atoms with Crippen molar-refractivity contribution in [3.63, 3.8) is 0 Å². The molecular weight excluding hydrogens is 316 g/mol. The van der Waals surface area contributed by atoms with Crippen molar-refractivity contribution in [2.45, 2.75) is 83.8 Å². The molecule has 1 heterocycles. The van der Waals surface area contributed by atoms with Gasteiger partial charge in [-0.2, -0.15) is 0 Å². The Balaban J connectivity index is 2.03. The van der Waals surface area contributed by atoms with Gasteiger partial charge in [0.2, 0.25) is 0 Å². The van der Waals surface area contributed by atoms with Crippen LogP contribution in [-0.4, -0.2) is 30.6 Å². The zero-order chi connectivity index (χ0) is 18.5. The maximum atomic E-state index is 11.9. The number of allylic oxidation sites excluding steroid dienone is 1. The highest BCUT2D eigenvalue weighted by Gasteiger charge is 2.65. The van der Waals surface area contributed by atoms with Gasteiger partial charge in [0, 0.05) is 11.0 Å². The van der Waals surface area contributed by atoms with Gasteiger partial charge in [0.15, 0.2) is 0 Å². The lowest BCUT2D eigenvalue weighted by molar-refractivity contribution is -0.193. The van der Waals surface area contributed by atoms with E-state index in [0.717, 1.165) is 44.0 Å². The molecule has 1 saturated carbocycles. The van der Waals surface area contributed by atoms with Crippen LogP contribution in [0.5, 0.6) is 0 Å². The number of esters is 1. The Labute approximate surface area is 151 Å². The number of fused-ring (bicyclic) bond motifs is 2. The normalized spacial score (nSPS) is 42.6. The van der Waals surface area contributed by atoms with E-state index in [1.807, 2.05) is 6.92 Å². The molecule has 25 heavy (non-hydrogen) atoms. The SMILES string of the molecule is COC(=O)CC1(C)CCC2(O1)C(C=O)=CCC1C(C)(C)CCCC12C. The standard InChI is InChI=1S/C21H32O4/c1-18(2)9-6-10-20(4)16(18)8-7-15(14-22)21(20)12-11-19(3,25-21)13-17(23)24-5/h7,14,16H,6,8-13H2,1-5H3. The van der Waals surface area contributed by atoms with Crippen LogP contribution in [-0.2, 0) is 19.1 Å². The summed E-state index contributed by atoms with van der Waals surface area (Å²) in [4.78, 5) is 23.8. The van der Waals surface area contributed by atoms with Crippen molar-refractivity contribution < 1.29 is 19.1 Å². The molecule has 1 saturated heterocycles. The Morgan fingerprint density at radius 2 is 1.96 bits per heavy atom. The van der Waals surface area contributed by atoms with Gasteiger partial charge < -0.3 is 9.47 Å². The fourth-order valence-corrected chi connectivity index (χ4v) is 6.14. The van der Waals surface area contributed by atoms with Crippen LogP contribution in [0.15, 0.2) is 11.6 Å². The average molecular weight is 348 g/mol. The first-order valence-electron chi connectivity index (χ1n) is 9.55. The third-order valence-corrected chi connectivity index (χ3v) is 7.49. The summed E-state index contributed by atoms with van der Waals surface area (Å²) in [6.45, 7) is 9.01. The maximum Gasteiger partial charge on any atom is 0.308 e. The van der Waals surface area contributed by atoms with Crippen LogP contribution in [0.25, 0.3) is 0 Å². The van der Waals surface area contributed by atoms with E-state index in [1.54, 1.807) is 0 Å². The van der Waals surface area contributed by atoms with Crippen LogP contribution >= 0.6 is 0 Å². The topological polar surface area (TPSA) is 52.6 Å². The van der Waals surface area contributed by atoms with Crippen molar-refractivity contribution in [3.05, 3.63) is 11.6 Å². The third-order valence-electron chi connectivity index (χ3n) is 7.49. The van der Waals surface area contributed by atoms with Crippen molar-refractivity contribution in [1.29, 1.82) is 0 Å². The fourth-order valence-electron chi connectivity index (χ4n) is 6.14. The Morgan fingerprint density at radius 3 is 2.60 bits per heavy atom. The van der Waals surface area contributed by atoms with Crippen LogP contribution in [0, 0.1) is 16.7 Å². The lowest BCUT2D eigenvalue weighted by Gasteiger charge is -2.60. The minimum atomic E-state index is -0.571. The van der Waals surface area contributed by atoms with Crippen LogP contribution in [0.1, 0.15) is 72.6 Å². The second-order valence-electron chi connectivity index (χ2n) is 9.46. The van der Waals surface area contributed by atoms with Gasteiger partial charge >= 0.3 is 5.97 Å². The number of aldehydes is 1. The highest BCUT2D eigenvalue weighted by molar-refractivity contribution is 5.78. The number of methoxy groups -OCH3 is 1. The molecule has 1 aliphatic heterocycles. The quantitative estimate of drug-likeness (QED) is 0.566. The van der Waals surface area contributed by atoms with Gasteiger partial charge in [-0.25, -0.2) is 0 Å². The van der Waals surface area contributed by atoms with Crippen molar-refractivity contribution >= 4 is 12.3 Å². The predicted molar refractivity (Wildman–Crippen MR) is 96.1 cm³/mol. The molecule has 1 spiro atoms. The molecule has 0 bridgehead atoms. The Hall–Kier alpha value is -1.16. The number of ether oxygens (including phenoxy) is 2. The number of hydrogen-bond donors (Lipinski definition) is 0. The van der Waals surface area contributed by atoms with Crippen LogP contribution in [0.3, 0.4) is 0 Å². The number of carbonyl (C=O) groups is 2. The molecule has 4 atom stereocenters. The molecule has 0 N–H and O–H groups in total. The van der Waals surface area contributed by atoms with Gasteiger partial charge in [-0.15, -0.1) is 0 Å². The summed E-state index contributed by atoms with van der Waals surface area (Å²) in [5.41, 5.74) is -0.194. The molecule has 0 radical (unpaired) electrons. The molecule has 140 valence electrons. The summed E-state index contributed by atoms with van der Waals surface area (Å²) >= 11 is 0. The Bertz CT molecular complexity index is 607. The number of carbonyl (C=O) groups excluding carboxylic acids is 2. The lowest BCUT2D eigenvalue weighted by Crippen LogP contribution is -2.60. The Kier molecular flexibility index (Phi) is 4.42. The van der Waals surface area contributed by atoms with E-state index in [-0.39, 0.29) is 23.2 Å². The van der Waals surface area contributed by atoms with Gasteiger partial charge in [-0.3, -0.25) is 9.59 Å². The minimum Gasteiger partial charge on any atom is -0.469 e. The molecule has 0 amide bonds. The molecule has 0 aromatic carbocycles. The zero-order valence-electron chi connectivity index (χ0n) is 16.3. The monoisotopic (exact) mass is 348 g/mol. The van der Waals surface area contributed by atoms with Crippen molar-refractivity contribution in [1.82, 2.24) is 0 Å². The molecule has 2 aliphatic carbocycles. The average Bonchev–Trinajstić information content (AvgIpc) is 2.88. The van der Waals surface area contributed by atoms with Crippen molar-refractivity contribution in [3.8, 4) is 0 Å². The summed E-state index contributed by atoms with van der Waals surface area (Å²) in [6, 6.07) is 0. The molecule has 3 aliphatic rings. The predicted octanol–water partition coefficient (Wildman–Crippen LogP) is 4.22. The van der Waals surface area contributed by atoms with Crippen LogP contribution < -0.4 is 0 Å². The maximum absolute atomic E-state index is 11.9. The molecule has 4 unspecified atom stereocenters. The molecule has 3 rings (SSSR count). The second-order valence-corrected chi connectivity index (χ2v) is 9.46. The van der Waals surface area contributed by atoms with E-state index in [4.69, 9.17) is 9.47 Å². The number of rotatable bonds is 3. The van der Waals surface area contributed by atoms with Gasteiger partial charge in [0.25, 0.3) is 0 Å². The molecule has 2 fully saturated rings. The summed E-state index contributed by atoms with van der Waals surface area (Å²) in [6.07, 6.45) is 9.30. The van der Waals surface area contributed by atoms with Gasteiger partial charge in [-0.05, 0) is 50.4 Å².